The van der Waals surface area contributed by atoms with E-state index in [2.05, 4.69) is 20.5 Å². The highest BCUT2D eigenvalue weighted by Crippen LogP contribution is 2.13. The van der Waals surface area contributed by atoms with E-state index in [1.165, 1.54) is 18.3 Å². The average molecular weight is 335 g/mol. The standard InChI is InChI=1S/C17H13N5O3/c23-16(10-12-4-6-14(7-5-12)22(24)25)21-20-11-13-2-1-3-15-17(13)19-9-8-18-15/h1-9,11H,10H2,(H,21,23)/b20-11+. The zero-order chi connectivity index (χ0) is 17.6. The minimum atomic E-state index is -0.485. The van der Waals surface area contributed by atoms with E-state index in [1.54, 1.807) is 24.5 Å². The lowest BCUT2D eigenvalue weighted by Gasteiger charge is -2.01. The van der Waals surface area contributed by atoms with Crippen LogP contribution in [0.2, 0.25) is 0 Å². The molecule has 3 aromatic rings. The number of benzene rings is 2. The van der Waals surface area contributed by atoms with Gasteiger partial charge in [-0.1, -0.05) is 24.3 Å². The Morgan fingerprint density at radius 3 is 2.68 bits per heavy atom. The SMILES string of the molecule is O=C(Cc1ccc([N+](=O)[O-])cc1)N/N=C/c1cccc2nccnc12. The Kier molecular flexibility index (Phi) is 4.70. The number of amides is 1. The van der Waals surface area contributed by atoms with Gasteiger partial charge in [-0.3, -0.25) is 24.9 Å². The number of para-hydroxylation sites is 1. The Hall–Kier alpha value is -3.68. The molecule has 8 heteroatoms. The number of aromatic nitrogens is 2. The molecule has 0 fully saturated rings. The molecule has 0 bridgehead atoms. The van der Waals surface area contributed by atoms with E-state index in [1.807, 2.05) is 18.2 Å². The molecule has 0 aliphatic rings. The molecule has 124 valence electrons. The van der Waals surface area contributed by atoms with Gasteiger partial charge in [0.05, 0.1) is 28.6 Å². The van der Waals surface area contributed by atoms with Gasteiger partial charge in [-0.25, -0.2) is 5.43 Å². The van der Waals surface area contributed by atoms with Gasteiger partial charge in [0, 0.05) is 30.1 Å². The third-order valence-electron chi connectivity index (χ3n) is 3.43. The summed E-state index contributed by atoms with van der Waals surface area (Å²) in [5.41, 5.74) is 5.25. The molecule has 25 heavy (non-hydrogen) atoms. The summed E-state index contributed by atoms with van der Waals surface area (Å²) in [6.07, 6.45) is 4.78. The van der Waals surface area contributed by atoms with Crippen LogP contribution in [0, 0.1) is 10.1 Å². The zero-order valence-electron chi connectivity index (χ0n) is 13.0. The number of hydrogen-bond donors (Lipinski definition) is 1. The number of hydrazone groups is 1. The van der Waals surface area contributed by atoms with Gasteiger partial charge < -0.3 is 0 Å². The van der Waals surface area contributed by atoms with Crippen molar-refractivity contribution in [2.75, 3.05) is 0 Å². The first-order valence-electron chi connectivity index (χ1n) is 7.38. The van der Waals surface area contributed by atoms with Crippen LogP contribution in [0.15, 0.2) is 60.0 Å². The van der Waals surface area contributed by atoms with Crippen molar-refractivity contribution in [1.29, 1.82) is 0 Å². The number of carbonyl (C=O) groups is 1. The van der Waals surface area contributed by atoms with Crippen LogP contribution < -0.4 is 5.43 Å². The van der Waals surface area contributed by atoms with E-state index in [-0.39, 0.29) is 18.0 Å². The summed E-state index contributed by atoms with van der Waals surface area (Å²) in [5, 5.41) is 14.5. The van der Waals surface area contributed by atoms with Crippen molar-refractivity contribution in [3.63, 3.8) is 0 Å². The number of nitrogens with one attached hydrogen (secondary N) is 1. The average Bonchev–Trinajstić information content (AvgIpc) is 2.62. The highest BCUT2D eigenvalue weighted by Gasteiger charge is 2.07. The molecule has 1 N–H and O–H groups in total. The third-order valence-corrected chi connectivity index (χ3v) is 3.43. The molecule has 8 nitrogen and oxygen atoms in total. The van der Waals surface area contributed by atoms with Crippen molar-refractivity contribution in [1.82, 2.24) is 15.4 Å². The van der Waals surface area contributed by atoms with Gasteiger partial charge in [0.1, 0.15) is 0 Å². The first kappa shape index (κ1) is 16.2. The lowest BCUT2D eigenvalue weighted by atomic mass is 10.1. The Morgan fingerprint density at radius 2 is 1.92 bits per heavy atom. The second kappa shape index (κ2) is 7.26. The van der Waals surface area contributed by atoms with Gasteiger partial charge in [0.15, 0.2) is 0 Å². The molecule has 1 amide bonds. The second-order valence-electron chi connectivity index (χ2n) is 5.16. The van der Waals surface area contributed by atoms with Crippen LogP contribution in [0.3, 0.4) is 0 Å². The van der Waals surface area contributed by atoms with Crippen molar-refractivity contribution in [3.8, 4) is 0 Å². The molecule has 1 heterocycles. The molecule has 0 unspecified atom stereocenters. The topological polar surface area (TPSA) is 110 Å². The van der Waals surface area contributed by atoms with Gasteiger partial charge in [-0.15, -0.1) is 0 Å². The lowest BCUT2D eigenvalue weighted by molar-refractivity contribution is -0.384. The van der Waals surface area contributed by atoms with Gasteiger partial charge >= 0.3 is 0 Å². The third kappa shape index (κ3) is 3.99. The number of fused-ring (bicyclic) bond motifs is 1. The summed E-state index contributed by atoms with van der Waals surface area (Å²) < 4.78 is 0. The molecule has 0 aliphatic heterocycles. The smallest absolute Gasteiger partial charge is 0.269 e. The number of nitro benzene ring substituents is 1. The molecule has 0 saturated carbocycles. The van der Waals surface area contributed by atoms with Gasteiger partial charge in [0.25, 0.3) is 5.69 Å². The molecule has 1 aromatic heterocycles. The Balaban J connectivity index is 1.63. The van der Waals surface area contributed by atoms with Gasteiger partial charge in [-0.2, -0.15) is 5.10 Å². The van der Waals surface area contributed by atoms with Crippen molar-refractivity contribution >= 4 is 28.8 Å². The predicted molar refractivity (Wildman–Crippen MR) is 92.1 cm³/mol. The van der Waals surface area contributed by atoms with Crippen LogP contribution in [0.5, 0.6) is 0 Å². The highest BCUT2D eigenvalue weighted by molar-refractivity contribution is 5.96. The molecule has 0 saturated heterocycles. The maximum absolute atomic E-state index is 11.9. The molecule has 0 radical (unpaired) electrons. The quantitative estimate of drug-likeness (QED) is 0.437. The Morgan fingerprint density at radius 1 is 1.16 bits per heavy atom. The first-order valence-corrected chi connectivity index (χ1v) is 7.38. The number of nitro groups is 1. The summed E-state index contributed by atoms with van der Waals surface area (Å²) >= 11 is 0. The fourth-order valence-corrected chi connectivity index (χ4v) is 2.25. The van der Waals surface area contributed by atoms with E-state index in [4.69, 9.17) is 0 Å². The van der Waals surface area contributed by atoms with Crippen LogP contribution in [-0.2, 0) is 11.2 Å². The minimum absolute atomic E-state index is 0.0146. The fraction of sp³-hybridized carbons (Fsp3) is 0.0588. The molecule has 2 aromatic carbocycles. The largest absolute Gasteiger partial charge is 0.273 e. The maximum atomic E-state index is 11.9. The van der Waals surface area contributed by atoms with Crippen molar-refractivity contribution in [3.05, 3.63) is 76.1 Å². The van der Waals surface area contributed by atoms with Crippen LogP contribution in [-0.4, -0.2) is 27.0 Å². The number of non-ortho nitro benzene ring substituents is 1. The summed E-state index contributed by atoms with van der Waals surface area (Å²) in [4.78, 5) is 30.5. The normalized spacial score (nSPS) is 10.9. The summed E-state index contributed by atoms with van der Waals surface area (Å²) in [6.45, 7) is 0. The number of carbonyl (C=O) groups excluding carboxylic acids is 1. The zero-order valence-corrected chi connectivity index (χ0v) is 13.0. The maximum Gasteiger partial charge on any atom is 0.269 e. The van der Waals surface area contributed by atoms with Crippen LogP contribution in [0.25, 0.3) is 11.0 Å². The molecule has 0 spiro atoms. The van der Waals surface area contributed by atoms with Crippen molar-refractivity contribution in [2.24, 2.45) is 5.10 Å². The minimum Gasteiger partial charge on any atom is -0.273 e. The first-order chi connectivity index (χ1) is 12.1. The molecular formula is C17H13N5O3. The van der Waals surface area contributed by atoms with Gasteiger partial charge in [0.2, 0.25) is 5.91 Å². The number of hydrogen-bond acceptors (Lipinski definition) is 6. The van der Waals surface area contributed by atoms with E-state index in [9.17, 15) is 14.9 Å². The lowest BCUT2D eigenvalue weighted by Crippen LogP contribution is -2.19. The van der Waals surface area contributed by atoms with E-state index in [0.29, 0.717) is 11.1 Å². The van der Waals surface area contributed by atoms with Crippen molar-refractivity contribution < 1.29 is 9.72 Å². The Bertz CT molecular complexity index is 949. The van der Waals surface area contributed by atoms with Crippen molar-refractivity contribution in [2.45, 2.75) is 6.42 Å². The van der Waals surface area contributed by atoms with E-state index < -0.39 is 4.92 Å². The molecule has 0 atom stereocenters. The summed E-state index contributed by atoms with van der Waals surface area (Å²) in [7, 11) is 0. The highest BCUT2D eigenvalue weighted by atomic mass is 16.6. The molecule has 3 rings (SSSR count). The van der Waals surface area contributed by atoms with E-state index in [0.717, 1.165) is 11.1 Å². The number of nitrogens with zero attached hydrogens (tertiary/aromatic N) is 4. The molecule has 0 aliphatic carbocycles. The van der Waals surface area contributed by atoms with Crippen LogP contribution >= 0.6 is 0 Å². The van der Waals surface area contributed by atoms with E-state index >= 15 is 0 Å². The van der Waals surface area contributed by atoms with Gasteiger partial charge in [-0.05, 0) is 11.6 Å². The second-order valence-corrected chi connectivity index (χ2v) is 5.16. The summed E-state index contributed by atoms with van der Waals surface area (Å²) in [6, 6.07) is 11.3. The summed E-state index contributed by atoms with van der Waals surface area (Å²) in [5.74, 6) is -0.323. The number of rotatable bonds is 5. The van der Waals surface area contributed by atoms with Crippen LogP contribution in [0.4, 0.5) is 5.69 Å². The molecular weight excluding hydrogens is 322 g/mol. The monoisotopic (exact) mass is 335 g/mol. The fourth-order valence-electron chi connectivity index (χ4n) is 2.25. The Labute approximate surface area is 142 Å². The van der Waals surface area contributed by atoms with Crippen LogP contribution in [0.1, 0.15) is 11.1 Å². The predicted octanol–water partition coefficient (Wildman–Crippen LogP) is 2.23.